The summed E-state index contributed by atoms with van der Waals surface area (Å²) in [6, 6.07) is 0. The number of hydrogen-bond donors (Lipinski definition) is 3. The average molecular weight is 303 g/mol. The number of nitrogens with zero attached hydrogens (tertiary/aromatic N) is 2. The van der Waals surface area contributed by atoms with Gasteiger partial charge in [0.2, 0.25) is 17.7 Å². The molecule has 0 fully saturated rings. The fraction of sp³-hybridized carbons (Fsp3) is 0.769. The van der Waals surface area contributed by atoms with Crippen LogP contribution in [0, 0.1) is 0 Å². The normalized spacial score (nSPS) is 10.1. The van der Waals surface area contributed by atoms with Gasteiger partial charge in [-0.1, -0.05) is 6.42 Å². The van der Waals surface area contributed by atoms with E-state index in [9.17, 15) is 14.4 Å². The fourth-order valence-electron chi connectivity index (χ4n) is 1.62. The van der Waals surface area contributed by atoms with Crippen LogP contribution in [0.15, 0.2) is 0 Å². The molecule has 0 atom stereocenters. The van der Waals surface area contributed by atoms with Crippen molar-refractivity contribution >= 4 is 17.7 Å². The van der Waals surface area contributed by atoms with Crippen LogP contribution in [0.2, 0.25) is 0 Å². The third-order valence-electron chi connectivity index (χ3n) is 2.91. The van der Waals surface area contributed by atoms with Crippen molar-refractivity contribution in [1.29, 1.82) is 0 Å². The SMILES string of the molecule is CN(O)C(=O)CCCCCNC(=O)CCCC(=O)N(C)O. The molecule has 3 N–H and O–H groups in total. The number of hydrogen-bond acceptors (Lipinski definition) is 5. The second-order valence-electron chi connectivity index (χ2n) is 4.85. The zero-order valence-corrected chi connectivity index (χ0v) is 12.7. The van der Waals surface area contributed by atoms with Crippen LogP contribution in [0.5, 0.6) is 0 Å². The van der Waals surface area contributed by atoms with E-state index in [0.717, 1.165) is 12.8 Å². The van der Waals surface area contributed by atoms with Crippen molar-refractivity contribution in [2.45, 2.75) is 44.9 Å². The van der Waals surface area contributed by atoms with Crippen LogP contribution in [-0.2, 0) is 14.4 Å². The van der Waals surface area contributed by atoms with Crippen LogP contribution in [-0.4, -0.2) is 58.9 Å². The first kappa shape index (κ1) is 19.3. The Balaban J connectivity index is 3.46. The van der Waals surface area contributed by atoms with Crippen LogP contribution in [0.1, 0.15) is 44.9 Å². The van der Waals surface area contributed by atoms with Crippen molar-refractivity contribution in [3.8, 4) is 0 Å². The van der Waals surface area contributed by atoms with Gasteiger partial charge >= 0.3 is 0 Å². The lowest BCUT2D eigenvalue weighted by atomic mass is 10.2. The maximum Gasteiger partial charge on any atom is 0.245 e. The zero-order valence-electron chi connectivity index (χ0n) is 12.7. The Bertz CT molecular complexity index is 345. The number of amides is 3. The summed E-state index contributed by atoms with van der Waals surface area (Å²) in [5.41, 5.74) is 0. The van der Waals surface area contributed by atoms with E-state index >= 15 is 0 Å². The van der Waals surface area contributed by atoms with Crippen LogP contribution in [0.3, 0.4) is 0 Å². The quantitative estimate of drug-likeness (QED) is 0.310. The molecule has 0 aliphatic rings. The lowest BCUT2D eigenvalue weighted by Crippen LogP contribution is -2.26. The Kier molecular flexibility index (Phi) is 10.2. The highest BCUT2D eigenvalue weighted by atomic mass is 16.5. The van der Waals surface area contributed by atoms with Crippen LogP contribution < -0.4 is 5.32 Å². The van der Waals surface area contributed by atoms with Gasteiger partial charge in [-0.05, 0) is 19.3 Å². The molecule has 0 spiro atoms. The van der Waals surface area contributed by atoms with Crippen molar-refractivity contribution in [3.63, 3.8) is 0 Å². The molecule has 0 saturated carbocycles. The minimum Gasteiger partial charge on any atom is -0.356 e. The molecule has 0 rings (SSSR count). The molecule has 122 valence electrons. The largest absolute Gasteiger partial charge is 0.356 e. The first-order chi connectivity index (χ1) is 9.84. The summed E-state index contributed by atoms with van der Waals surface area (Å²) in [7, 11) is 2.55. The highest BCUT2D eigenvalue weighted by Gasteiger charge is 2.08. The molecule has 3 amide bonds. The van der Waals surface area contributed by atoms with Gasteiger partial charge in [0.05, 0.1) is 0 Å². The van der Waals surface area contributed by atoms with Gasteiger partial charge < -0.3 is 5.32 Å². The zero-order chi connectivity index (χ0) is 16.3. The molecule has 0 radical (unpaired) electrons. The van der Waals surface area contributed by atoms with E-state index in [0.29, 0.717) is 29.5 Å². The molecule has 0 aromatic carbocycles. The summed E-state index contributed by atoms with van der Waals surface area (Å²) in [5, 5.41) is 21.5. The van der Waals surface area contributed by atoms with Gasteiger partial charge in [0, 0.05) is 39.9 Å². The molecule has 0 unspecified atom stereocenters. The van der Waals surface area contributed by atoms with Crippen molar-refractivity contribution in [1.82, 2.24) is 15.4 Å². The fourth-order valence-corrected chi connectivity index (χ4v) is 1.62. The standard InChI is InChI=1S/C13H25N3O5/c1-15(20)12(18)8-4-3-5-10-14-11(17)7-6-9-13(19)16(2)21/h20-21H,3-10H2,1-2H3,(H,14,17). The lowest BCUT2D eigenvalue weighted by molar-refractivity contribution is -0.159. The molecule has 21 heavy (non-hydrogen) atoms. The lowest BCUT2D eigenvalue weighted by Gasteiger charge is -2.09. The molecule has 0 aliphatic heterocycles. The van der Waals surface area contributed by atoms with Gasteiger partial charge in [0.15, 0.2) is 0 Å². The average Bonchev–Trinajstić information content (AvgIpc) is 2.41. The molecular weight excluding hydrogens is 278 g/mol. The summed E-state index contributed by atoms with van der Waals surface area (Å²) in [4.78, 5) is 33.5. The van der Waals surface area contributed by atoms with Crippen molar-refractivity contribution in [2.24, 2.45) is 0 Å². The Hall–Kier alpha value is -1.67. The smallest absolute Gasteiger partial charge is 0.245 e. The van der Waals surface area contributed by atoms with E-state index in [1.807, 2.05) is 0 Å². The highest BCUT2D eigenvalue weighted by Crippen LogP contribution is 2.02. The summed E-state index contributed by atoms with van der Waals surface area (Å²) in [6.07, 6.45) is 3.27. The molecule has 8 heteroatoms. The van der Waals surface area contributed by atoms with Gasteiger partial charge in [-0.15, -0.1) is 0 Å². The molecule has 8 nitrogen and oxygen atoms in total. The molecule has 0 aromatic heterocycles. The van der Waals surface area contributed by atoms with Gasteiger partial charge in [-0.25, -0.2) is 10.1 Å². The maximum atomic E-state index is 11.4. The number of hydroxylamine groups is 4. The van der Waals surface area contributed by atoms with Gasteiger partial charge in [0.25, 0.3) is 0 Å². The number of unbranched alkanes of at least 4 members (excludes halogenated alkanes) is 2. The Morgan fingerprint density at radius 3 is 1.86 bits per heavy atom. The minimum absolute atomic E-state index is 0.130. The summed E-state index contributed by atoms with van der Waals surface area (Å²) in [5.74, 6) is -0.867. The maximum absolute atomic E-state index is 11.4. The molecule has 0 saturated heterocycles. The van der Waals surface area contributed by atoms with Gasteiger partial charge in [-0.3, -0.25) is 24.8 Å². The Labute approximate surface area is 124 Å². The Morgan fingerprint density at radius 2 is 1.33 bits per heavy atom. The van der Waals surface area contributed by atoms with E-state index in [2.05, 4.69) is 5.32 Å². The van der Waals surface area contributed by atoms with E-state index in [4.69, 9.17) is 10.4 Å². The van der Waals surface area contributed by atoms with Crippen LogP contribution >= 0.6 is 0 Å². The summed E-state index contributed by atoms with van der Waals surface area (Å²) < 4.78 is 0. The van der Waals surface area contributed by atoms with Gasteiger partial charge in [0.1, 0.15) is 0 Å². The predicted octanol–water partition coefficient (Wildman–Crippen LogP) is 0.529. The third kappa shape index (κ3) is 10.7. The molecule has 0 aliphatic carbocycles. The van der Waals surface area contributed by atoms with E-state index < -0.39 is 5.91 Å². The topological polar surface area (TPSA) is 110 Å². The van der Waals surface area contributed by atoms with Crippen molar-refractivity contribution in [3.05, 3.63) is 0 Å². The van der Waals surface area contributed by atoms with E-state index in [1.165, 1.54) is 14.1 Å². The second kappa shape index (κ2) is 11.0. The van der Waals surface area contributed by atoms with Crippen LogP contribution in [0.25, 0.3) is 0 Å². The molecule has 0 bridgehead atoms. The van der Waals surface area contributed by atoms with E-state index in [1.54, 1.807) is 0 Å². The Morgan fingerprint density at radius 1 is 0.810 bits per heavy atom. The minimum atomic E-state index is -0.415. The molecule has 0 aromatic rings. The van der Waals surface area contributed by atoms with Crippen molar-refractivity contribution in [2.75, 3.05) is 20.6 Å². The summed E-state index contributed by atoms with van der Waals surface area (Å²) >= 11 is 0. The van der Waals surface area contributed by atoms with Gasteiger partial charge in [-0.2, -0.15) is 0 Å². The monoisotopic (exact) mass is 303 g/mol. The summed E-state index contributed by atoms with van der Waals surface area (Å²) in [6.45, 7) is 0.524. The first-order valence-corrected chi connectivity index (χ1v) is 7.02. The van der Waals surface area contributed by atoms with Crippen LogP contribution in [0.4, 0.5) is 0 Å². The molecular formula is C13H25N3O5. The predicted molar refractivity (Wildman–Crippen MR) is 74.4 cm³/mol. The third-order valence-corrected chi connectivity index (χ3v) is 2.91. The molecule has 0 heterocycles. The number of carbonyl (C=O) groups is 3. The number of rotatable bonds is 10. The second-order valence-corrected chi connectivity index (χ2v) is 4.85. The number of nitrogens with one attached hydrogen (secondary N) is 1. The first-order valence-electron chi connectivity index (χ1n) is 7.02. The van der Waals surface area contributed by atoms with Crippen molar-refractivity contribution < 1.29 is 24.8 Å². The highest BCUT2D eigenvalue weighted by molar-refractivity contribution is 5.78. The number of carbonyl (C=O) groups excluding carboxylic acids is 3. The van der Waals surface area contributed by atoms with E-state index in [-0.39, 0.29) is 31.1 Å².